The van der Waals surface area contributed by atoms with E-state index in [1.807, 2.05) is 0 Å². The molecule has 1 aromatic carbocycles. The highest BCUT2D eigenvalue weighted by atomic mass is 35.5. The highest BCUT2D eigenvalue weighted by molar-refractivity contribution is 6.32. The summed E-state index contributed by atoms with van der Waals surface area (Å²) in [6.45, 7) is 7.24. The molecule has 0 saturated heterocycles. The van der Waals surface area contributed by atoms with Gasteiger partial charge < -0.3 is 18.6 Å². The Morgan fingerprint density at radius 2 is 1.86 bits per heavy atom. The molecule has 1 heterocycles. The Bertz CT molecular complexity index is 932. The number of fused-ring (bicyclic) bond motifs is 1. The third-order valence-electron chi connectivity index (χ3n) is 4.15. The van der Waals surface area contributed by atoms with Gasteiger partial charge in [-0.05, 0) is 45.7 Å². The summed E-state index contributed by atoms with van der Waals surface area (Å²) in [5, 5.41) is 0.886. The normalized spacial score (nSPS) is 11.9. The summed E-state index contributed by atoms with van der Waals surface area (Å²) >= 11 is 6.29. The van der Waals surface area contributed by atoms with Gasteiger partial charge in [-0.15, -0.1) is 0 Å². The molecular weight excluding hydrogens is 388 g/mol. The predicted octanol–water partition coefficient (Wildman–Crippen LogP) is 3.58. The van der Waals surface area contributed by atoms with E-state index in [9.17, 15) is 14.4 Å². The van der Waals surface area contributed by atoms with Gasteiger partial charge in [0.05, 0.1) is 18.2 Å². The van der Waals surface area contributed by atoms with Gasteiger partial charge in [-0.2, -0.15) is 0 Å². The number of benzene rings is 1. The van der Waals surface area contributed by atoms with Gasteiger partial charge in [-0.1, -0.05) is 11.6 Å². The molecular formula is C20H23ClO7. The van der Waals surface area contributed by atoms with Crippen LogP contribution in [-0.4, -0.2) is 31.3 Å². The third-order valence-corrected chi connectivity index (χ3v) is 4.44. The number of rotatable bonds is 8. The van der Waals surface area contributed by atoms with Crippen molar-refractivity contribution in [2.75, 3.05) is 13.2 Å². The van der Waals surface area contributed by atoms with Crippen molar-refractivity contribution >= 4 is 34.5 Å². The molecule has 0 spiro atoms. The van der Waals surface area contributed by atoms with E-state index in [0.29, 0.717) is 16.5 Å². The Morgan fingerprint density at radius 3 is 2.50 bits per heavy atom. The first kappa shape index (κ1) is 21.8. The molecule has 0 amide bonds. The zero-order chi connectivity index (χ0) is 20.8. The average Bonchev–Trinajstić information content (AvgIpc) is 2.63. The predicted molar refractivity (Wildman–Crippen MR) is 104 cm³/mol. The highest BCUT2D eigenvalue weighted by Gasteiger charge is 2.20. The van der Waals surface area contributed by atoms with Gasteiger partial charge in [-0.25, -0.2) is 9.59 Å². The second kappa shape index (κ2) is 9.59. The van der Waals surface area contributed by atoms with E-state index in [-0.39, 0.29) is 48.4 Å². The first-order valence-electron chi connectivity index (χ1n) is 9.03. The average molecular weight is 411 g/mol. The first-order valence-corrected chi connectivity index (χ1v) is 9.41. The Kier molecular flexibility index (Phi) is 7.45. The molecule has 1 unspecified atom stereocenters. The van der Waals surface area contributed by atoms with Crippen LogP contribution >= 0.6 is 11.6 Å². The van der Waals surface area contributed by atoms with Crippen molar-refractivity contribution in [2.24, 2.45) is 0 Å². The molecule has 0 bridgehead atoms. The summed E-state index contributed by atoms with van der Waals surface area (Å²) in [6, 6.07) is 3.08. The van der Waals surface area contributed by atoms with E-state index in [1.54, 1.807) is 33.8 Å². The lowest BCUT2D eigenvalue weighted by atomic mass is 10.0. The van der Waals surface area contributed by atoms with Crippen molar-refractivity contribution in [3.8, 4) is 5.75 Å². The summed E-state index contributed by atoms with van der Waals surface area (Å²) in [6.07, 6.45) is -0.582. The minimum absolute atomic E-state index is 0.0803. The second-order valence-corrected chi connectivity index (χ2v) is 6.50. The van der Waals surface area contributed by atoms with E-state index in [0.717, 1.165) is 0 Å². The Balaban J connectivity index is 2.34. The lowest BCUT2D eigenvalue weighted by molar-refractivity contribution is -0.150. The lowest BCUT2D eigenvalue weighted by Crippen LogP contribution is -2.26. The quantitative estimate of drug-likeness (QED) is 0.485. The van der Waals surface area contributed by atoms with E-state index in [4.69, 9.17) is 30.2 Å². The Hall–Kier alpha value is -2.54. The molecule has 0 radical (unpaired) electrons. The van der Waals surface area contributed by atoms with Gasteiger partial charge in [0.25, 0.3) is 0 Å². The molecule has 1 aromatic heterocycles. The summed E-state index contributed by atoms with van der Waals surface area (Å²) in [4.78, 5) is 35.7. The SMILES string of the molecule is CCOC(=O)CCc1c(C)c2cc(Cl)c(OC(C)C(=O)OCC)cc2oc1=O. The van der Waals surface area contributed by atoms with Crippen LogP contribution in [0.5, 0.6) is 5.75 Å². The lowest BCUT2D eigenvalue weighted by Gasteiger charge is -2.15. The molecule has 2 aromatic rings. The highest BCUT2D eigenvalue weighted by Crippen LogP contribution is 2.32. The number of carbonyl (C=O) groups is 2. The van der Waals surface area contributed by atoms with Crippen LogP contribution in [-0.2, 0) is 25.5 Å². The minimum Gasteiger partial charge on any atom is -0.477 e. The fourth-order valence-electron chi connectivity index (χ4n) is 2.73. The van der Waals surface area contributed by atoms with Gasteiger partial charge in [-0.3, -0.25) is 4.79 Å². The number of esters is 2. The van der Waals surface area contributed by atoms with Gasteiger partial charge in [0, 0.05) is 23.4 Å². The molecule has 2 rings (SSSR count). The molecule has 1 atom stereocenters. The maximum atomic E-state index is 12.4. The van der Waals surface area contributed by atoms with Crippen LogP contribution in [0.1, 0.15) is 38.3 Å². The largest absolute Gasteiger partial charge is 0.477 e. The van der Waals surface area contributed by atoms with Crippen LogP contribution < -0.4 is 10.4 Å². The van der Waals surface area contributed by atoms with Crippen molar-refractivity contribution in [3.05, 3.63) is 38.7 Å². The molecule has 0 aliphatic carbocycles. The van der Waals surface area contributed by atoms with Crippen LogP contribution in [0.2, 0.25) is 5.02 Å². The Labute approximate surface area is 167 Å². The van der Waals surface area contributed by atoms with Gasteiger partial charge in [0.2, 0.25) is 0 Å². The van der Waals surface area contributed by atoms with E-state index in [1.165, 1.54) is 6.07 Å². The Morgan fingerprint density at radius 1 is 1.18 bits per heavy atom. The number of ether oxygens (including phenoxy) is 3. The van der Waals surface area contributed by atoms with E-state index >= 15 is 0 Å². The molecule has 0 aliphatic heterocycles. The topological polar surface area (TPSA) is 92.0 Å². The van der Waals surface area contributed by atoms with E-state index < -0.39 is 17.7 Å². The summed E-state index contributed by atoms with van der Waals surface area (Å²) in [5.74, 6) is -0.696. The molecule has 8 heteroatoms. The molecule has 0 saturated carbocycles. The van der Waals surface area contributed by atoms with Crippen molar-refractivity contribution in [3.63, 3.8) is 0 Å². The molecule has 28 heavy (non-hydrogen) atoms. The van der Waals surface area contributed by atoms with Crippen LogP contribution in [0.25, 0.3) is 11.0 Å². The maximum Gasteiger partial charge on any atom is 0.347 e. The zero-order valence-corrected chi connectivity index (χ0v) is 17.1. The third kappa shape index (κ3) is 5.04. The monoisotopic (exact) mass is 410 g/mol. The molecule has 0 fully saturated rings. The zero-order valence-electron chi connectivity index (χ0n) is 16.3. The molecule has 7 nitrogen and oxygen atoms in total. The standard InChI is InChI=1S/C20H23ClO7/c1-5-25-18(22)8-7-13-11(3)14-9-15(21)17(10-16(14)28-20(13)24)27-12(4)19(23)26-6-2/h9-10,12H,5-8H2,1-4H3. The van der Waals surface area contributed by atoms with Crippen molar-refractivity contribution in [1.29, 1.82) is 0 Å². The minimum atomic E-state index is -0.869. The smallest absolute Gasteiger partial charge is 0.347 e. The van der Waals surface area contributed by atoms with Crippen LogP contribution in [0.15, 0.2) is 21.3 Å². The summed E-state index contributed by atoms with van der Waals surface area (Å²) in [5.41, 5.74) is 0.798. The van der Waals surface area contributed by atoms with Crippen LogP contribution in [0, 0.1) is 6.92 Å². The van der Waals surface area contributed by atoms with Crippen molar-refractivity contribution in [1.82, 2.24) is 0 Å². The van der Waals surface area contributed by atoms with Crippen LogP contribution in [0.4, 0.5) is 0 Å². The molecule has 152 valence electrons. The number of aryl methyl sites for hydroxylation is 1. The van der Waals surface area contributed by atoms with Gasteiger partial charge in [0.15, 0.2) is 6.10 Å². The number of carbonyl (C=O) groups excluding carboxylic acids is 2. The van der Waals surface area contributed by atoms with Gasteiger partial charge >= 0.3 is 17.6 Å². The second-order valence-electron chi connectivity index (χ2n) is 6.09. The van der Waals surface area contributed by atoms with Gasteiger partial charge in [0.1, 0.15) is 11.3 Å². The number of halogens is 1. The maximum absolute atomic E-state index is 12.4. The van der Waals surface area contributed by atoms with Crippen LogP contribution in [0.3, 0.4) is 0 Å². The fraction of sp³-hybridized carbons (Fsp3) is 0.450. The van der Waals surface area contributed by atoms with Crippen molar-refractivity contribution in [2.45, 2.75) is 46.6 Å². The number of hydrogen-bond donors (Lipinski definition) is 0. The van der Waals surface area contributed by atoms with E-state index in [2.05, 4.69) is 0 Å². The fourth-order valence-corrected chi connectivity index (χ4v) is 2.94. The molecule has 0 aliphatic rings. The van der Waals surface area contributed by atoms with Crippen molar-refractivity contribution < 1.29 is 28.2 Å². The molecule has 0 N–H and O–H groups in total. The summed E-state index contributed by atoms with van der Waals surface area (Å²) in [7, 11) is 0. The number of hydrogen-bond acceptors (Lipinski definition) is 7. The first-order chi connectivity index (χ1) is 13.3. The summed E-state index contributed by atoms with van der Waals surface area (Å²) < 4.78 is 20.7.